The third-order valence-corrected chi connectivity index (χ3v) is 5.32. The second-order valence-corrected chi connectivity index (χ2v) is 6.95. The highest BCUT2D eigenvalue weighted by Gasteiger charge is 2.38. The van der Waals surface area contributed by atoms with E-state index in [2.05, 4.69) is 18.2 Å². The van der Waals surface area contributed by atoms with E-state index in [4.69, 9.17) is 4.74 Å². The lowest BCUT2D eigenvalue weighted by atomic mass is 10.0. The molecule has 5 heteroatoms. The molecule has 2 aromatic carbocycles. The summed E-state index contributed by atoms with van der Waals surface area (Å²) in [6.07, 6.45) is 0.361. The van der Waals surface area contributed by atoms with Gasteiger partial charge in [-0.1, -0.05) is 42.5 Å². The van der Waals surface area contributed by atoms with Crippen LogP contribution in [0, 0.1) is 5.92 Å². The molecule has 0 saturated carbocycles. The van der Waals surface area contributed by atoms with Crippen LogP contribution < -0.4 is 0 Å². The Hall–Kier alpha value is -2.40. The van der Waals surface area contributed by atoms with Gasteiger partial charge in [0, 0.05) is 20.1 Å². The largest absolute Gasteiger partial charge is 0.378 e. The predicted molar refractivity (Wildman–Crippen MR) is 95.1 cm³/mol. The van der Waals surface area contributed by atoms with Crippen LogP contribution in [0.4, 0.5) is 0 Å². The number of nitrogens with zero attached hydrogens (tertiary/aromatic N) is 2. The van der Waals surface area contributed by atoms with E-state index in [0.717, 1.165) is 16.3 Å². The maximum Gasteiger partial charge on any atom is 0.229 e. The maximum atomic E-state index is 13.0. The van der Waals surface area contributed by atoms with Crippen LogP contribution in [-0.2, 0) is 20.7 Å². The molecule has 5 nitrogen and oxygen atoms in total. The summed E-state index contributed by atoms with van der Waals surface area (Å²) in [6, 6.07) is 14.1. The summed E-state index contributed by atoms with van der Waals surface area (Å²) in [5.74, 6) is -0.0896. The lowest BCUT2D eigenvalue weighted by molar-refractivity contribution is -0.134. The summed E-state index contributed by atoms with van der Waals surface area (Å²) in [4.78, 5) is 29.0. The predicted octanol–water partition coefficient (Wildman–Crippen LogP) is 1.70. The van der Waals surface area contributed by atoms with Crippen molar-refractivity contribution in [3.05, 3.63) is 48.0 Å². The van der Waals surface area contributed by atoms with Gasteiger partial charge in [0.05, 0.1) is 31.6 Å². The number of carbonyl (C=O) groups is 2. The molecule has 2 aromatic rings. The van der Waals surface area contributed by atoms with E-state index in [-0.39, 0.29) is 23.8 Å². The van der Waals surface area contributed by atoms with Gasteiger partial charge in [-0.15, -0.1) is 0 Å². The van der Waals surface area contributed by atoms with Gasteiger partial charge in [-0.2, -0.15) is 0 Å². The van der Waals surface area contributed by atoms with Gasteiger partial charge in [0.25, 0.3) is 0 Å². The molecule has 130 valence electrons. The van der Waals surface area contributed by atoms with Crippen LogP contribution >= 0.6 is 0 Å². The molecule has 0 radical (unpaired) electrons. The SMILES string of the molecule is CN1C(=O)[C@H]2COC[C@@H]1CN(C(=O)Cc1cccc3ccccc13)C2. The van der Waals surface area contributed by atoms with Crippen molar-refractivity contribution in [3.63, 3.8) is 0 Å². The Morgan fingerprint density at radius 2 is 1.92 bits per heavy atom. The van der Waals surface area contributed by atoms with E-state index in [1.807, 2.05) is 36.2 Å². The third-order valence-electron chi connectivity index (χ3n) is 5.32. The van der Waals surface area contributed by atoms with Crippen molar-refractivity contribution in [2.24, 2.45) is 5.92 Å². The van der Waals surface area contributed by atoms with Crippen molar-refractivity contribution >= 4 is 22.6 Å². The molecule has 2 fully saturated rings. The summed E-state index contributed by atoms with van der Waals surface area (Å²) >= 11 is 0. The average Bonchev–Trinajstić information content (AvgIpc) is 2.80. The Morgan fingerprint density at radius 1 is 1.12 bits per heavy atom. The Labute approximate surface area is 147 Å². The van der Waals surface area contributed by atoms with E-state index in [0.29, 0.717) is 32.7 Å². The highest BCUT2D eigenvalue weighted by atomic mass is 16.5. The van der Waals surface area contributed by atoms with Crippen LogP contribution in [0.3, 0.4) is 0 Å². The molecule has 2 saturated heterocycles. The molecule has 0 aromatic heterocycles. The zero-order valence-corrected chi connectivity index (χ0v) is 14.4. The van der Waals surface area contributed by atoms with E-state index < -0.39 is 0 Å². The molecule has 25 heavy (non-hydrogen) atoms. The van der Waals surface area contributed by atoms with Crippen LogP contribution in [0.25, 0.3) is 10.8 Å². The van der Waals surface area contributed by atoms with Gasteiger partial charge < -0.3 is 14.5 Å². The van der Waals surface area contributed by atoms with E-state index in [9.17, 15) is 9.59 Å². The summed E-state index contributed by atoms with van der Waals surface area (Å²) in [6.45, 7) is 1.89. The molecule has 2 bridgehead atoms. The molecule has 0 spiro atoms. The second-order valence-electron chi connectivity index (χ2n) is 6.95. The minimum Gasteiger partial charge on any atom is -0.378 e. The maximum absolute atomic E-state index is 13.0. The van der Waals surface area contributed by atoms with Crippen molar-refractivity contribution in [3.8, 4) is 0 Å². The first-order valence-corrected chi connectivity index (χ1v) is 8.72. The monoisotopic (exact) mass is 338 g/mol. The molecule has 0 aliphatic carbocycles. The number of amides is 2. The van der Waals surface area contributed by atoms with Crippen molar-refractivity contribution in [2.75, 3.05) is 33.4 Å². The first kappa shape index (κ1) is 16.1. The molecule has 2 atom stereocenters. The fourth-order valence-corrected chi connectivity index (χ4v) is 3.82. The van der Waals surface area contributed by atoms with Crippen molar-refractivity contribution < 1.29 is 14.3 Å². The normalized spacial score (nSPS) is 23.6. The van der Waals surface area contributed by atoms with E-state index in [1.165, 1.54) is 0 Å². The average molecular weight is 338 g/mol. The third kappa shape index (κ3) is 3.00. The Morgan fingerprint density at radius 3 is 2.80 bits per heavy atom. The zero-order valence-electron chi connectivity index (χ0n) is 14.4. The number of rotatable bonds is 2. The van der Waals surface area contributed by atoms with Crippen molar-refractivity contribution in [1.82, 2.24) is 9.80 Å². The smallest absolute Gasteiger partial charge is 0.229 e. The quantitative estimate of drug-likeness (QED) is 0.837. The number of fused-ring (bicyclic) bond motifs is 4. The highest BCUT2D eigenvalue weighted by Crippen LogP contribution is 2.23. The lowest BCUT2D eigenvalue weighted by Crippen LogP contribution is -2.45. The standard InChI is InChI=1S/C20H22N2O3/c1-21-17-11-22(10-16(20(21)24)12-25-13-17)19(23)9-15-7-4-6-14-5-2-3-8-18(14)15/h2-8,16-17H,9-13H2,1H3/t16-,17+/m1/s1. The van der Waals surface area contributed by atoms with Crippen LogP contribution in [0.15, 0.2) is 42.5 Å². The number of likely N-dealkylation sites (N-methyl/N-ethyl adjacent to an activating group) is 1. The summed E-state index contributed by atoms with van der Waals surface area (Å²) < 4.78 is 5.61. The summed E-state index contributed by atoms with van der Waals surface area (Å²) in [5, 5.41) is 2.26. The fourth-order valence-electron chi connectivity index (χ4n) is 3.82. The number of hydrogen-bond donors (Lipinski definition) is 0. The molecule has 2 heterocycles. The van der Waals surface area contributed by atoms with Crippen LogP contribution in [-0.4, -0.2) is 61.0 Å². The van der Waals surface area contributed by atoms with Gasteiger partial charge in [0.2, 0.25) is 11.8 Å². The van der Waals surface area contributed by atoms with Gasteiger partial charge in [0.1, 0.15) is 0 Å². The minimum absolute atomic E-state index is 0.0588. The summed E-state index contributed by atoms with van der Waals surface area (Å²) in [5.41, 5.74) is 1.04. The van der Waals surface area contributed by atoms with Gasteiger partial charge >= 0.3 is 0 Å². The second kappa shape index (κ2) is 6.48. The minimum atomic E-state index is -0.256. The Balaban J connectivity index is 1.58. The van der Waals surface area contributed by atoms with E-state index >= 15 is 0 Å². The van der Waals surface area contributed by atoms with Gasteiger partial charge in [-0.25, -0.2) is 0 Å². The molecule has 2 aliphatic rings. The Kier molecular flexibility index (Phi) is 4.17. The van der Waals surface area contributed by atoms with E-state index in [1.54, 1.807) is 4.90 Å². The molecule has 0 unspecified atom stereocenters. The lowest BCUT2D eigenvalue weighted by Gasteiger charge is -2.29. The van der Waals surface area contributed by atoms with Gasteiger partial charge in [-0.3, -0.25) is 9.59 Å². The Bertz CT molecular complexity index is 814. The number of benzene rings is 2. The molecule has 0 N–H and O–H groups in total. The van der Waals surface area contributed by atoms with Crippen LogP contribution in [0.1, 0.15) is 5.56 Å². The number of hydrogen-bond acceptors (Lipinski definition) is 3. The van der Waals surface area contributed by atoms with Crippen LogP contribution in [0.2, 0.25) is 0 Å². The van der Waals surface area contributed by atoms with Crippen LogP contribution in [0.5, 0.6) is 0 Å². The topological polar surface area (TPSA) is 49.9 Å². The molecular weight excluding hydrogens is 316 g/mol. The van der Waals surface area contributed by atoms with Crippen molar-refractivity contribution in [1.29, 1.82) is 0 Å². The van der Waals surface area contributed by atoms with Crippen molar-refractivity contribution in [2.45, 2.75) is 12.5 Å². The number of carbonyl (C=O) groups excluding carboxylic acids is 2. The zero-order chi connectivity index (χ0) is 17.4. The highest BCUT2D eigenvalue weighted by molar-refractivity contribution is 5.90. The first-order chi connectivity index (χ1) is 12.1. The van der Waals surface area contributed by atoms with Gasteiger partial charge in [-0.05, 0) is 16.3 Å². The molecule has 4 rings (SSSR count). The number of ether oxygens (including phenoxy) is 1. The summed E-state index contributed by atoms with van der Waals surface area (Å²) in [7, 11) is 1.81. The molecule has 2 aliphatic heterocycles. The molecule has 2 amide bonds. The fraction of sp³-hybridized carbons (Fsp3) is 0.400. The molecular formula is C20H22N2O3. The first-order valence-electron chi connectivity index (χ1n) is 8.72. The van der Waals surface area contributed by atoms with Gasteiger partial charge in [0.15, 0.2) is 0 Å².